The number of thiophene rings is 1. The molecule has 0 radical (unpaired) electrons. The molecular formula is C19H20N4O3S2. The van der Waals surface area contributed by atoms with E-state index in [1.54, 1.807) is 13.4 Å². The molecule has 3 aromatic rings. The molecule has 9 heteroatoms. The average molecular weight is 417 g/mol. The lowest BCUT2D eigenvalue weighted by Crippen LogP contribution is -2.22. The van der Waals surface area contributed by atoms with Gasteiger partial charge in [0, 0.05) is 18.3 Å². The lowest BCUT2D eigenvalue weighted by molar-refractivity contribution is -0.118. The lowest BCUT2D eigenvalue weighted by atomic mass is 10.3. The fraction of sp³-hybridized carbons (Fsp3) is 0.263. The van der Waals surface area contributed by atoms with Crippen LogP contribution in [-0.4, -0.2) is 45.9 Å². The maximum atomic E-state index is 12.5. The second kappa shape index (κ2) is 9.52. The van der Waals surface area contributed by atoms with Gasteiger partial charge in [-0.15, -0.1) is 21.5 Å². The van der Waals surface area contributed by atoms with E-state index in [0.717, 1.165) is 10.6 Å². The number of Topliss-reactive ketones (excluding diaryl/α,β-unsaturated/α-hetero) is 1. The van der Waals surface area contributed by atoms with Crippen molar-refractivity contribution in [2.75, 3.05) is 19.4 Å². The lowest BCUT2D eigenvalue weighted by Gasteiger charge is -2.10. The van der Waals surface area contributed by atoms with Gasteiger partial charge in [0.2, 0.25) is 5.91 Å². The van der Waals surface area contributed by atoms with Crippen molar-refractivity contribution in [3.8, 4) is 11.4 Å². The van der Waals surface area contributed by atoms with Gasteiger partial charge in [0.05, 0.1) is 23.4 Å². The van der Waals surface area contributed by atoms with Gasteiger partial charge in [0.1, 0.15) is 12.1 Å². The maximum Gasteiger partial charge on any atom is 0.216 e. The Balaban J connectivity index is 1.62. The highest BCUT2D eigenvalue weighted by molar-refractivity contribution is 7.99. The molecule has 2 heterocycles. The quantitative estimate of drug-likeness (QED) is 0.426. The summed E-state index contributed by atoms with van der Waals surface area (Å²) in [5, 5.41) is 11.5. The van der Waals surface area contributed by atoms with Crippen molar-refractivity contribution in [2.45, 2.75) is 18.5 Å². The van der Waals surface area contributed by atoms with Crippen molar-refractivity contribution < 1.29 is 14.3 Å². The molecule has 2 aromatic heterocycles. The zero-order chi connectivity index (χ0) is 19.9. The minimum atomic E-state index is -0.0524. The molecule has 28 heavy (non-hydrogen) atoms. The summed E-state index contributed by atoms with van der Waals surface area (Å²) in [6.45, 7) is 2.06. The Hall–Kier alpha value is -2.65. The van der Waals surface area contributed by atoms with Crippen molar-refractivity contribution in [1.29, 1.82) is 0 Å². The summed E-state index contributed by atoms with van der Waals surface area (Å²) in [5.41, 5.74) is 0.821. The molecule has 0 aliphatic carbocycles. The number of para-hydroxylation sites is 2. The van der Waals surface area contributed by atoms with Gasteiger partial charge in [0.25, 0.3) is 0 Å². The first-order valence-corrected chi connectivity index (χ1v) is 10.4. The van der Waals surface area contributed by atoms with Crippen LogP contribution in [0.3, 0.4) is 0 Å². The van der Waals surface area contributed by atoms with Crippen LogP contribution >= 0.6 is 23.1 Å². The molecule has 0 saturated carbocycles. The molecule has 0 spiro atoms. The van der Waals surface area contributed by atoms with Crippen LogP contribution in [0.4, 0.5) is 0 Å². The molecule has 0 aliphatic heterocycles. The predicted octanol–water partition coefficient (Wildman–Crippen LogP) is 2.99. The van der Waals surface area contributed by atoms with Crippen LogP contribution in [0.1, 0.15) is 21.5 Å². The van der Waals surface area contributed by atoms with E-state index in [0.29, 0.717) is 28.7 Å². The number of carbonyl (C=O) groups excluding carboxylic acids is 2. The van der Waals surface area contributed by atoms with Crippen molar-refractivity contribution in [3.05, 3.63) is 52.5 Å². The van der Waals surface area contributed by atoms with Crippen LogP contribution < -0.4 is 10.1 Å². The van der Waals surface area contributed by atoms with Gasteiger partial charge < -0.3 is 10.1 Å². The highest BCUT2D eigenvalue weighted by Crippen LogP contribution is 2.27. The van der Waals surface area contributed by atoms with E-state index in [1.807, 2.05) is 41.0 Å². The molecule has 0 saturated heterocycles. The zero-order valence-corrected chi connectivity index (χ0v) is 17.2. The molecule has 0 aliphatic rings. The highest BCUT2D eigenvalue weighted by atomic mass is 32.2. The maximum absolute atomic E-state index is 12.5. The molecule has 0 unspecified atom stereocenters. The number of ether oxygens (including phenoxy) is 1. The standard InChI is InChI=1S/C19H20N4O3S2/c1-13(24)20-10-9-14-7-8-18(28-14)16(25)11-27-19-22-21-12-23(19)15-5-3-4-6-17(15)26-2/h3-8,12H,9-11H2,1-2H3,(H,20,24). The number of ketones is 1. The first kappa shape index (κ1) is 20.1. The third kappa shape index (κ3) is 4.99. The van der Waals surface area contributed by atoms with Gasteiger partial charge >= 0.3 is 0 Å². The number of aromatic nitrogens is 3. The predicted molar refractivity (Wildman–Crippen MR) is 110 cm³/mol. The molecular weight excluding hydrogens is 396 g/mol. The Morgan fingerprint density at radius 1 is 1.25 bits per heavy atom. The molecule has 1 amide bonds. The van der Waals surface area contributed by atoms with Crippen LogP contribution in [-0.2, 0) is 11.2 Å². The Kier molecular flexibility index (Phi) is 6.83. The number of amides is 1. The summed E-state index contributed by atoms with van der Waals surface area (Å²) in [4.78, 5) is 25.2. The minimum Gasteiger partial charge on any atom is -0.495 e. The van der Waals surface area contributed by atoms with Gasteiger partial charge in [-0.1, -0.05) is 23.9 Å². The molecule has 146 valence electrons. The van der Waals surface area contributed by atoms with E-state index in [2.05, 4.69) is 15.5 Å². The molecule has 7 nitrogen and oxygen atoms in total. The van der Waals surface area contributed by atoms with E-state index in [1.165, 1.54) is 30.0 Å². The van der Waals surface area contributed by atoms with Crippen molar-refractivity contribution in [1.82, 2.24) is 20.1 Å². The van der Waals surface area contributed by atoms with Crippen LogP contribution in [0.5, 0.6) is 5.75 Å². The summed E-state index contributed by atoms with van der Waals surface area (Å²) >= 11 is 2.80. The molecule has 0 fully saturated rings. The zero-order valence-electron chi connectivity index (χ0n) is 15.5. The number of nitrogens with one attached hydrogen (secondary N) is 1. The van der Waals surface area contributed by atoms with E-state index >= 15 is 0 Å². The highest BCUT2D eigenvalue weighted by Gasteiger charge is 2.15. The number of carbonyl (C=O) groups is 2. The number of nitrogens with zero attached hydrogens (tertiary/aromatic N) is 3. The molecule has 0 bridgehead atoms. The molecule has 3 rings (SSSR count). The summed E-state index contributed by atoms with van der Waals surface area (Å²) in [7, 11) is 1.61. The fourth-order valence-corrected chi connectivity index (χ4v) is 4.38. The normalized spacial score (nSPS) is 10.6. The Morgan fingerprint density at radius 3 is 2.86 bits per heavy atom. The largest absolute Gasteiger partial charge is 0.495 e. The number of thioether (sulfide) groups is 1. The van der Waals surface area contributed by atoms with Crippen LogP contribution in [0, 0.1) is 0 Å². The van der Waals surface area contributed by atoms with E-state index in [4.69, 9.17) is 4.74 Å². The van der Waals surface area contributed by atoms with Crippen molar-refractivity contribution >= 4 is 34.8 Å². The van der Waals surface area contributed by atoms with Crippen LogP contribution in [0.25, 0.3) is 5.69 Å². The number of methoxy groups -OCH3 is 1. The topological polar surface area (TPSA) is 86.1 Å². The van der Waals surface area contributed by atoms with Crippen LogP contribution in [0.15, 0.2) is 47.9 Å². The van der Waals surface area contributed by atoms with Gasteiger partial charge in [-0.2, -0.15) is 0 Å². The van der Waals surface area contributed by atoms with Gasteiger partial charge in [0.15, 0.2) is 10.9 Å². The molecule has 1 N–H and O–H groups in total. The number of benzene rings is 1. The third-order valence-corrected chi connectivity index (χ3v) is 6.00. The Morgan fingerprint density at radius 2 is 2.07 bits per heavy atom. The van der Waals surface area contributed by atoms with E-state index in [-0.39, 0.29) is 17.4 Å². The first-order chi connectivity index (χ1) is 13.6. The Bertz CT molecular complexity index is 968. The summed E-state index contributed by atoms with van der Waals surface area (Å²) in [6.07, 6.45) is 2.32. The first-order valence-electron chi connectivity index (χ1n) is 8.61. The Labute approximate surface area is 171 Å². The second-order valence-corrected chi connectivity index (χ2v) is 7.98. The SMILES string of the molecule is COc1ccccc1-n1cnnc1SCC(=O)c1ccc(CCNC(C)=O)s1. The summed E-state index contributed by atoms with van der Waals surface area (Å²) in [5.74, 6) is 0.954. The smallest absolute Gasteiger partial charge is 0.216 e. The van der Waals surface area contributed by atoms with E-state index < -0.39 is 0 Å². The molecule has 0 atom stereocenters. The summed E-state index contributed by atoms with van der Waals surface area (Å²) in [6, 6.07) is 11.3. The number of hydrogen-bond donors (Lipinski definition) is 1. The monoisotopic (exact) mass is 416 g/mol. The number of rotatable bonds is 9. The van der Waals surface area contributed by atoms with Gasteiger partial charge in [-0.3, -0.25) is 14.2 Å². The van der Waals surface area contributed by atoms with E-state index in [9.17, 15) is 9.59 Å². The van der Waals surface area contributed by atoms with Crippen molar-refractivity contribution in [2.24, 2.45) is 0 Å². The average Bonchev–Trinajstić information content (AvgIpc) is 3.35. The fourth-order valence-electron chi connectivity index (χ4n) is 2.54. The second-order valence-electron chi connectivity index (χ2n) is 5.87. The van der Waals surface area contributed by atoms with Gasteiger partial charge in [-0.05, 0) is 30.7 Å². The summed E-state index contributed by atoms with van der Waals surface area (Å²) < 4.78 is 7.20. The molecule has 1 aromatic carbocycles. The van der Waals surface area contributed by atoms with Gasteiger partial charge in [-0.25, -0.2) is 0 Å². The van der Waals surface area contributed by atoms with Crippen LogP contribution in [0.2, 0.25) is 0 Å². The number of hydrogen-bond acceptors (Lipinski definition) is 7. The van der Waals surface area contributed by atoms with Crippen molar-refractivity contribution in [3.63, 3.8) is 0 Å². The minimum absolute atomic E-state index is 0.0374. The third-order valence-electron chi connectivity index (χ3n) is 3.88.